The van der Waals surface area contributed by atoms with Gasteiger partial charge < -0.3 is 10.8 Å². The molecule has 0 fully saturated rings. The Morgan fingerprint density at radius 2 is 1.62 bits per heavy atom. The van der Waals surface area contributed by atoms with Crippen molar-refractivity contribution >= 4 is 11.9 Å². The van der Waals surface area contributed by atoms with Crippen LogP contribution in [0.3, 0.4) is 0 Å². The molecule has 1 aliphatic carbocycles. The number of hydrogen-bond donors (Lipinski definition) is 2. The van der Waals surface area contributed by atoms with E-state index >= 15 is 0 Å². The molecule has 0 aromatic heterocycles. The zero-order valence-corrected chi connectivity index (χ0v) is 13.1. The Hall–Kier alpha value is -1.84. The van der Waals surface area contributed by atoms with Gasteiger partial charge in [-0.3, -0.25) is 9.59 Å². The Kier molecular flexibility index (Phi) is 3.60. The molecule has 1 atom stereocenters. The van der Waals surface area contributed by atoms with Gasteiger partial charge in [0.1, 0.15) is 0 Å². The van der Waals surface area contributed by atoms with Crippen LogP contribution in [0.1, 0.15) is 63.1 Å². The molecule has 114 valence electrons. The number of primary amides is 1. The summed E-state index contributed by atoms with van der Waals surface area (Å²) in [5.41, 5.74) is 8.12. The van der Waals surface area contributed by atoms with Gasteiger partial charge in [-0.1, -0.05) is 45.9 Å². The van der Waals surface area contributed by atoms with E-state index < -0.39 is 17.8 Å². The van der Waals surface area contributed by atoms with Crippen molar-refractivity contribution in [3.63, 3.8) is 0 Å². The summed E-state index contributed by atoms with van der Waals surface area (Å²) < 4.78 is 0. The molecule has 0 heterocycles. The van der Waals surface area contributed by atoms with Gasteiger partial charge in [0.25, 0.3) is 0 Å². The zero-order valence-electron chi connectivity index (χ0n) is 13.1. The number of nitrogens with two attached hydrogens (primary N) is 1. The van der Waals surface area contributed by atoms with Crippen LogP contribution in [-0.2, 0) is 20.4 Å². The molecule has 0 saturated heterocycles. The molecule has 0 spiro atoms. The molecule has 1 aromatic rings. The lowest BCUT2D eigenvalue weighted by molar-refractivity contribution is -0.142. The fourth-order valence-electron chi connectivity index (χ4n) is 3.21. The lowest BCUT2D eigenvalue weighted by atomic mass is 9.62. The fourth-order valence-corrected chi connectivity index (χ4v) is 3.21. The smallest absolute Gasteiger partial charge is 0.320 e. The molecule has 0 saturated carbocycles. The van der Waals surface area contributed by atoms with Gasteiger partial charge in [-0.05, 0) is 40.4 Å². The number of carbonyl (C=O) groups is 2. The summed E-state index contributed by atoms with van der Waals surface area (Å²) in [6.07, 6.45) is 2.12. The number of aliphatic carboxylic acids is 1. The Labute approximate surface area is 125 Å². The molecule has 4 heteroatoms. The van der Waals surface area contributed by atoms with Gasteiger partial charge in [0, 0.05) is 0 Å². The van der Waals surface area contributed by atoms with E-state index in [0.717, 1.165) is 18.4 Å². The third-order valence-corrected chi connectivity index (χ3v) is 4.74. The van der Waals surface area contributed by atoms with Crippen LogP contribution >= 0.6 is 0 Å². The molecule has 0 bridgehead atoms. The van der Waals surface area contributed by atoms with Crippen molar-refractivity contribution < 1.29 is 14.7 Å². The maximum absolute atomic E-state index is 11.4. The zero-order chi connectivity index (χ0) is 16.0. The van der Waals surface area contributed by atoms with Gasteiger partial charge in [0.15, 0.2) is 5.92 Å². The van der Waals surface area contributed by atoms with E-state index in [-0.39, 0.29) is 10.8 Å². The Balaban J connectivity index is 2.61. The van der Waals surface area contributed by atoms with E-state index in [2.05, 4.69) is 27.7 Å². The number of rotatable bonds is 3. The lowest BCUT2D eigenvalue weighted by Crippen LogP contribution is -2.35. The first-order valence-electron chi connectivity index (χ1n) is 7.23. The minimum atomic E-state index is -1.28. The Morgan fingerprint density at radius 3 is 2.10 bits per heavy atom. The van der Waals surface area contributed by atoms with Crippen LogP contribution in [0.5, 0.6) is 0 Å². The number of amides is 1. The summed E-state index contributed by atoms with van der Waals surface area (Å²) in [7, 11) is 0. The van der Waals surface area contributed by atoms with Crippen LogP contribution in [0.15, 0.2) is 18.2 Å². The average Bonchev–Trinajstić information content (AvgIpc) is 2.34. The predicted molar refractivity (Wildman–Crippen MR) is 81.3 cm³/mol. The minimum Gasteiger partial charge on any atom is -0.480 e. The molecule has 1 aromatic carbocycles. The van der Waals surface area contributed by atoms with Gasteiger partial charge in [0.05, 0.1) is 0 Å². The van der Waals surface area contributed by atoms with Crippen molar-refractivity contribution in [2.75, 3.05) is 0 Å². The SMILES string of the molecule is CC1(C)CCC(C)(C)c2cc(C(C(N)=O)C(=O)O)ccc21. The van der Waals surface area contributed by atoms with Gasteiger partial charge in [0.2, 0.25) is 5.91 Å². The highest BCUT2D eigenvalue weighted by atomic mass is 16.4. The minimum absolute atomic E-state index is 0.0262. The highest BCUT2D eigenvalue weighted by molar-refractivity contribution is 6.01. The molecule has 1 unspecified atom stereocenters. The summed E-state index contributed by atoms with van der Waals surface area (Å²) in [5, 5.41) is 9.23. The molecule has 0 radical (unpaired) electrons. The third kappa shape index (κ3) is 2.67. The van der Waals surface area contributed by atoms with Crippen molar-refractivity contribution in [1.82, 2.24) is 0 Å². The maximum atomic E-state index is 11.4. The first-order chi connectivity index (χ1) is 9.56. The van der Waals surface area contributed by atoms with Crippen LogP contribution in [0.2, 0.25) is 0 Å². The molecular formula is C17H23NO3. The van der Waals surface area contributed by atoms with Gasteiger partial charge >= 0.3 is 5.97 Å². The molecule has 2 rings (SSSR count). The van der Waals surface area contributed by atoms with Crippen LogP contribution in [0.4, 0.5) is 0 Å². The van der Waals surface area contributed by atoms with E-state index in [4.69, 9.17) is 5.73 Å². The normalized spacial score (nSPS) is 20.4. The van der Waals surface area contributed by atoms with Crippen LogP contribution in [-0.4, -0.2) is 17.0 Å². The molecule has 4 nitrogen and oxygen atoms in total. The number of carboxylic acids is 1. The van der Waals surface area contributed by atoms with Gasteiger partial charge in [-0.15, -0.1) is 0 Å². The first kappa shape index (κ1) is 15.5. The van der Waals surface area contributed by atoms with E-state index in [1.54, 1.807) is 6.07 Å². The highest BCUT2D eigenvalue weighted by Gasteiger charge is 2.38. The second-order valence-electron chi connectivity index (χ2n) is 7.25. The van der Waals surface area contributed by atoms with E-state index in [1.165, 1.54) is 5.56 Å². The van der Waals surface area contributed by atoms with Gasteiger partial charge in [-0.25, -0.2) is 0 Å². The van der Waals surface area contributed by atoms with Crippen LogP contribution in [0.25, 0.3) is 0 Å². The summed E-state index contributed by atoms with van der Waals surface area (Å²) in [6.45, 7) is 8.71. The van der Waals surface area contributed by atoms with Crippen molar-refractivity contribution in [2.45, 2.75) is 57.3 Å². The number of carboxylic acid groups (broad SMARTS) is 1. The average molecular weight is 289 g/mol. The molecule has 1 aliphatic rings. The quantitative estimate of drug-likeness (QED) is 0.839. The summed E-state index contributed by atoms with van der Waals surface area (Å²) in [6, 6.07) is 5.55. The molecule has 3 N–H and O–H groups in total. The Morgan fingerprint density at radius 1 is 1.10 bits per heavy atom. The topological polar surface area (TPSA) is 80.4 Å². The van der Waals surface area contributed by atoms with Crippen molar-refractivity contribution in [2.24, 2.45) is 5.73 Å². The largest absolute Gasteiger partial charge is 0.480 e. The molecular weight excluding hydrogens is 266 g/mol. The van der Waals surface area contributed by atoms with Crippen molar-refractivity contribution in [3.05, 3.63) is 34.9 Å². The molecule has 0 aliphatic heterocycles. The number of carbonyl (C=O) groups excluding carboxylic acids is 1. The van der Waals surface area contributed by atoms with Crippen molar-refractivity contribution in [1.29, 1.82) is 0 Å². The molecule has 1 amide bonds. The number of benzene rings is 1. The van der Waals surface area contributed by atoms with E-state index in [1.807, 2.05) is 12.1 Å². The fraction of sp³-hybridized carbons (Fsp3) is 0.529. The monoisotopic (exact) mass is 289 g/mol. The third-order valence-electron chi connectivity index (χ3n) is 4.74. The van der Waals surface area contributed by atoms with E-state index in [0.29, 0.717) is 5.56 Å². The van der Waals surface area contributed by atoms with Crippen LogP contribution < -0.4 is 5.73 Å². The second kappa shape index (κ2) is 4.86. The molecule has 21 heavy (non-hydrogen) atoms. The number of hydrogen-bond acceptors (Lipinski definition) is 2. The second-order valence-corrected chi connectivity index (χ2v) is 7.25. The predicted octanol–water partition coefficient (Wildman–Crippen LogP) is 2.69. The summed E-state index contributed by atoms with van der Waals surface area (Å²) in [4.78, 5) is 22.7. The number of fused-ring (bicyclic) bond motifs is 1. The van der Waals surface area contributed by atoms with Gasteiger partial charge in [-0.2, -0.15) is 0 Å². The maximum Gasteiger partial charge on any atom is 0.320 e. The van der Waals surface area contributed by atoms with E-state index in [9.17, 15) is 14.7 Å². The standard InChI is InChI=1S/C17H23NO3/c1-16(2)7-8-17(3,4)12-9-10(5-6-11(12)16)13(14(18)19)15(20)21/h5-6,9,13H,7-8H2,1-4H3,(H2,18,19)(H,20,21). The highest BCUT2D eigenvalue weighted by Crippen LogP contribution is 2.46. The van der Waals surface area contributed by atoms with Crippen molar-refractivity contribution in [3.8, 4) is 0 Å². The summed E-state index contributed by atoms with van der Waals surface area (Å²) >= 11 is 0. The lowest BCUT2D eigenvalue weighted by Gasteiger charge is -2.42. The summed E-state index contributed by atoms with van der Waals surface area (Å²) in [5.74, 6) is -3.30. The first-order valence-corrected chi connectivity index (χ1v) is 7.23. The van der Waals surface area contributed by atoms with Crippen LogP contribution in [0, 0.1) is 0 Å². The Bertz CT molecular complexity index is 588.